The van der Waals surface area contributed by atoms with Gasteiger partial charge in [0.1, 0.15) is 0 Å². The van der Waals surface area contributed by atoms with Gasteiger partial charge in [-0.3, -0.25) is 0 Å². The normalized spacial score (nSPS) is 24.0. The lowest BCUT2D eigenvalue weighted by Gasteiger charge is -2.20. The molecule has 0 bridgehead atoms. The van der Waals surface area contributed by atoms with E-state index in [9.17, 15) is 8.42 Å². The van der Waals surface area contributed by atoms with Crippen molar-refractivity contribution >= 4 is 21.6 Å². The molecule has 1 aromatic rings. The predicted molar refractivity (Wildman–Crippen MR) is 74.4 cm³/mol. The van der Waals surface area contributed by atoms with E-state index in [0.717, 1.165) is 5.56 Å². The van der Waals surface area contributed by atoms with Crippen LogP contribution in [0, 0.1) is 0 Å². The third-order valence-electron chi connectivity index (χ3n) is 2.86. The number of rotatable bonds is 3. The van der Waals surface area contributed by atoms with E-state index in [1.165, 1.54) is 0 Å². The van der Waals surface area contributed by atoms with Gasteiger partial charge in [-0.2, -0.15) is 0 Å². The third-order valence-corrected chi connectivity index (χ3v) is 5.31. The van der Waals surface area contributed by atoms with Crippen LogP contribution in [0.25, 0.3) is 0 Å². The fourth-order valence-electron chi connectivity index (χ4n) is 2.11. The van der Waals surface area contributed by atoms with Crippen molar-refractivity contribution in [3.8, 4) is 0 Å². The number of halogens is 1. The number of hydrogen-bond donors (Lipinski definition) is 1. The van der Waals surface area contributed by atoms with E-state index in [-0.39, 0.29) is 11.2 Å². The molecule has 18 heavy (non-hydrogen) atoms. The van der Waals surface area contributed by atoms with Crippen LogP contribution in [-0.2, 0) is 10.0 Å². The zero-order valence-electron chi connectivity index (χ0n) is 10.8. The summed E-state index contributed by atoms with van der Waals surface area (Å²) in [5.74, 6) is 0.0727. The molecule has 0 radical (unpaired) electrons. The molecular formula is C13H18ClNO2S. The Morgan fingerprint density at radius 2 is 2.00 bits per heavy atom. The maximum atomic E-state index is 12.1. The monoisotopic (exact) mass is 287 g/mol. The second-order valence-electron chi connectivity index (χ2n) is 5.83. The van der Waals surface area contributed by atoms with E-state index in [1.807, 2.05) is 39.0 Å². The molecule has 1 fully saturated rings. The minimum Gasteiger partial charge on any atom is -0.212 e. The van der Waals surface area contributed by atoms with Crippen LogP contribution in [0.5, 0.6) is 0 Å². The van der Waals surface area contributed by atoms with Crippen LogP contribution >= 0.6 is 11.6 Å². The summed E-state index contributed by atoms with van der Waals surface area (Å²) in [5.41, 5.74) is 0.576. The van der Waals surface area contributed by atoms with Gasteiger partial charge in [0.25, 0.3) is 0 Å². The molecule has 1 aromatic carbocycles. The highest BCUT2D eigenvalue weighted by atomic mass is 35.5. The van der Waals surface area contributed by atoms with Crippen LogP contribution in [-0.4, -0.2) is 19.2 Å². The average Bonchev–Trinajstić information content (AvgIpc) is 2.93. The Morgan fingerprint density at radius 3 is 2.56 bits per heavy atom. The maximum Gasteiger partial charge on any atom is 0.215 e. The molecule has 2 atom stereocenters. The zero-order valence-corrected chi connectivity index (χ0v) is 12.3. The highest BCUT2D eigenvalue weighted by molar-refractivity contribution is 7.90. The Kier molecular flexibility index (Phi) is 3.47. The van der Waals surface area contributed by atoms with Gasteiger partial charge in [0.15, 0.2) is 0 Å². The van der Waals surface area contributed by atoms with Gasteiger partial charge in [0.05, 0.1) is 5.25 Å². The standard InChI is InChI=1S/C13H18ClNO2S/c1-13(2,3)15-18(16,17)12-8-11(12)9-5-4-6-10(14)7-9/h4-7,11-12,15H,8H2,1-3H3/t11-,12+/m1/s1. The Labute approximate surface area is 114 Å². The molecule has 3 nitrogen and oxygen atoms in total. The van der Waals surface area contributed by atoms with Crippen molar-refractivity contribution < 1.29 is 8.42 Å². The predicted octanol–water partition coefficient (Wildman–Crippen LogP) is 2.91. The largest absolute Gasteiger partial charge is 0.215 e. The Hall–Kier alpha value is -0.580. The minimum absolute atomic E-state index is 0.0727. The van der Waals surface area contributed by atoms with Gasteiger partial charge in [-0.05, 0) is 44.9 Å². The first-order valence-corrected chi connectivity index (χ1v) is 7.90. The van der Waals surface area contributed by atoms with Gasteiger partial charge in [-0.25, -0.2) is 13.1 Å². The number of benzene rings is 1. The van der Waals surface area contributed by atoms with Crippen LogP contribution in [0.15, 0.2) is 24.3 Å². The maximum absolute atomic E-state index is 12.1. The Bertz CT molecular complexity index is 548. The number of sulfonamides is 1. The molecule has 5 heteroatoms. The van der Waals surface area contributed by atoms with Crippen molar-refractivity contribution in [1.29, 1.82) is 0 Å². The number of nitrogens with one attached hydrogen (secondary N) is 1. The molecule has 1 aliphatic carbocycles. The van der Waals surface area contributed by atoms with E-state index in [2.05, 4.69) is 4.72 Å². The highest BCUT2D eigenvalue weighted by Gasteiger charge is 2.48. The van der Waals surface area contributed by atoms with E-state index < -0.39 is 15.6 Å². The lowest BCUT2D eigenvalue weighted by atomic mass is 10.1. The summed E-state index contributed by atoms with van der Waals surface area (Å²) in [6.45, 7) is 5.55. The summed E-state index contributed by atoms with van der Waals surface area (Å²) < 4.78 is 27.0. The van der Waals surface area contributed by atoms with Crippen molar-refractivity contribution in [2.75, 3.05) is 0 Å². The molecule has 0 aliphatic heterocycles. The van der Waals surface area contributed by atoms with Crippen LogP contribution < -0.4 is 4.72 Å². The quantitative estimate of drug-likeness (QED) is 0.929. The molecule has 2 rings (SSSR count). The molecule has 1 saturated carbocycles. The van der Waals surface area contributed by atoms with E-state index in [1.54, 1.807) is 6.07 Å². The molecule has 1 N–H and O–H groups in total. The molecule has 100 valence electrons. The van der Waals surface area contributed by atoms with Gasteiger partial charge in [-0.1, -0.05) is 23.7 Å². The van der Waals surface area contributed by atoms with Gasteiger partial charge in [0.2, 0.25) is 10.0 Å². The summed E-state index contributed by atoms with van der Waals surface area (Å²) in [4.78, 5) is 0. The van der Waals surface area contributed by atoms with Crippen LogP contribution in [0.2, 0.25) is 5.02 Å². The first-order chi connectivity index (χ1) is 8.19. The van der Waals surface area contributed by atoms with Crippen LogP contribution in [0.3, 0.4) is 0 Å². The first kappa shape index (κ1) is 13.8. The minimum atomic E-state index is -3.25. The summed E-state index contributed by atoms with van der Waals surface area (Å²) in [6, 6.07) is 7.43. The van der Waals surface area contributed by atoms with Gasteiger partial charge in [0, 0.05) is 16.5 Å². The fourth-order valence-corrected chi connectivity index (χ4v) is 4.36. The zero-order chi connectivity index (χ0) is 13.6. The first-order valence-electron chi connectivity index (χ1n) is 5.97. The molecule has 0 unspecified atom stereocenters. The van der Waals surface area contributed by atoms with Crippen LogP contribution in [0.4, 0.5) is 0 Å². The topological polar surface area (TPSA) is 46.2 Å². The number of hydrogen-bond acceptors (Lipinski definition) is 2. The average molecular weight is 288 g/mol. The van der Waals surface area contributed by atoms with Crippen molar-refractivity contribution in [2.24, 2.45) is 0 Å². The molecule has 0 saturated heterocycles. The lowest BCUT2D eigenvalue weighted by Crippen LogP contribution is -2.42. The Morgan fingerprint density at radius 1 is 1.33 bits per heavy atom. The SMILES string of the molecule is CC(C)(C)NS(=O)(=O)[C@H]1C[C@@H]1c1cccc(Cl)c1. The van der Waals surface area contributed by atoms with Crippen LogP contribution in [0.1, 0.15) is 38.7 Å². The van der Waals surface area contributed by atoms with E-state index in [0.29, 0.717) is 11.4 Å². The van der Waals surface area contributed by atoms with Crippen molar-refractivity contribution in [3.05, 3.63) is 34.9 Å². The molecule has 0 aromatic heterocycles. The summed E-state index contributed by atoms with van der Waals surface area (Å²) >= 11 is 5.92. The van der Waals surface area contributed by atoms with Crippen molar-refractivity contribution in [2.45, 2.75) is 43.9 Å². The smallest absolute Gasteiger partial charge is 0.212 e. The van der Waals surface area contributed by atoms with Gasteiger partial charge < -0.3 is 0 Å². The van der Waals surface area contributed by atoms with Crippen molar-refractivity contribution in [3.63, 3.8) is 0 Å². The molecule has 1 aliphatic rings. The summed E-state index contributed by atoms with van der Waals surface area (Å²) in [5, 5.41) is 0.328. The van der Waals surface area contributed by atoms with Crippen molar-refractivity contribution in [1.82, 2.24) is 4.72 Å². The molecular weight excluding hydrogens is 270 g/mol. The van der Waals surface area contributed by atoms with Gasteiger partial charge >= 0.3 is 0 Å². The second kappa shape index (κ2) is 4.51. The molecule has 0 heterocycles. The molecule has 0 amide bonds. The second-order valence-corrected chi connectivity index (χ2v) is 8.17. The lowest BCUT2D eigenvalue weighted by molar-refractivity contribution is 0.490. The molecule has 0 spiro atoms. The third kappa shape index (κ3) is 3.25. The highest BCUT2D eigenvalue weighted by Crippen LogP contribution is 2.46. The van der Waals surface area contributed by atoms with E-state index >= 15 is 0 Å². The fraction of sp³-hybridized carbons (Fsp3) is 0.538. The van der Waals surface area contributed by atoms with Gasteiger partial charge in [-0.15, -0.1) is 0 Å². The Balaban J connectivity index is 2.12. The summed E-state index contributed by atoms with van der Waals surface area (Å²) in [7, 11) is -3.25. The summed E-state index contributed by atoms with van der Waals surface area (Å²) in [6.07, 6.45) is 0.672. The van der Waals surface area contributed by atoms with E-state index in [4.69, 9.17) is 11.6 Å².